The molecule has 1 atom stereocenters. The van der Waals surface area contributed by atoms with Gasteiger partial charge in [0, 0.05) is 27.3 Å². The summed E-state index contributed by atoms with van der Waals surface area (Å²) in [6.07, 6.45) is 3.05. The first-order valence-electron chi connectivity index (χ1n) is 7.53. The number of aromatic nitrogens is 3. The number of hydrogen-bond donors (Lipinski definition) is 1. The van der Waals surface area contributed by atoms with Gasteiger partial charge in [-0.05, 0) is 12.1 Å². The van der Waals surface area contributed by atoms with Crippen molar-refractivity contribution in [3.8, 4) is 5.88 Å². The molecule has 0 radical (unpaired) electrons. The standard InChI is InChI=1S/C15H20N4O4S/c1-21-8-5-18(6-9-22-2)12(11-4-3-7-23-11)13-14(20)19-15(24-13)16-10-17-19/h3-4,7,10,12,20H,5-6,8-9H2,1-2H3. The second-order valence-corrected chi connectivity index (χ2v) is 6.19. The molecule has 0 aliphatic carbocycles. The Morgan fingerprint density at radius 2 is 2.08 bits per heavy atom. The molecule has 0 bridgehead atoms. The van der Waals surface area contributed by atoms with Crippen LogP contribution in [0.25, 0.3) is 4.96 Å². The fourth-order valence-corrected chi connectivity index (χ4v) is 3.65. The number of aromatic hydroxyl groups is 1. The van der Waals surface area contributed by atoms with Crippen LogP contribution in [-0.4, -0.2) is 65.1 Å². The number of hydrogen-bond acceptors (Lipinski definition) is 8. The van der Waals surface area contributed by atoms with Crippen molar-refractivity contribution in [2.24, 2.45) is 0 Å². The largest absolute Gasteiger partial charge is 0.492 e. The van der Waals surface area contributed by atoms with E-state index in [9.17, 15) is 5.11 Å². The highest BCUT2D eigenvalue weighted by atomic mass is 32.1. The summed E-state index contributed by atoms with van der Waals surface area (Å²) in [7, 11) is 3.33. The van der Waals surface area contributed by atoms with Crippen molar-refractivity contribution in [3.05, 3.63) is 35.4 Å². The Hall–Kier alpha value is -1.94. The quantitative estimate of drug-likeness (QED) is 0.628. The summed E-state index contributed by atoms with van der Waals surface area (Å²) in [5, 5.41) is 14.6. The van der Waals surface area contributed by atoms with Crippen molar-refractivity contribution in [3.63, 3.8) is 0 Å². The second kappa shape index (κ2) is 7.75. The van der Waals surface area contributed by atoms with Crippen LogP contribution in [0.15, 0.2) is 29.1 Å². The Morgan fingerprint density at radius 1 is 1.33 bits per heavy atom. The van der Waals surface area contributed by atoms with Gasteiger partial charge in [-0.1, -0.05) is 11.3 Å². The molecule has 3 aromatic rings. The van der Waals surface area contributed by atoms with Crippen LogP contribution in [-0.2, 0) is 9.47 Å². The van der Waals surface area contributed by atoms with Crippen LogP contribution in [0.1, 0.15) is 16.7 Å². The predicted molar refractivity (Wildman–Crippen MR) is 88.4 cm³/mol. The average Bonchev–Trinajstić information content (AvgIpc) is 3.31. The zero-order chi connectivity index (χ0) is 16.9. The first-order valence-corrected chi connectivity index (χ1v) is 8.34. The van der Waals surface area contributed by atoms with Crippen molar-refractivity contribution in [1.29, 1.82) is 0 Å². The summed E-state index contributed by atoms with van der Waals surface area (Å²) in [6, 6.07) is 3.46. The van der Waals surface area contributed by atoms with E-state index in [0.717, 1.165) is 10.6 Å². The number of ether oxygens (including phenoxy) is 2. The molecule has 9 heteroatoms. The molecule has 0 amide bonds. The van der Waals surface area contributed by atoms with E-state index < -0.39 is 0 Å². The summed E-state index contributed by atoms with van der Waals surface area (Å²) in [6.45, 7) is 2.45. The van der Waals surface area contributed by atoms with E-state index in [-0.39, 0.29) is 11.9 Å². The Kier molecular flexibility index (Phi) is 5.46. The Balaban J connectivity index is 2.01. The van der Waals surface area contributed by atoms with E-state index in [2.05, 4.69) is 15.0 Å². The van der Waals surface area contributed by atoms with E-state index in [0.29, 0.717) is 31.3 Å². The van der Waals surface area contributed by atoms with Crippen LogP contribution in [0.5, 0.6) is 5.88 Å². The molecular weight excluding hydrogens is 332 g/mol. The summed E-state index contributed by atoms with van der Waals surface area (Å²) in [5.41, 5.74) is 0. The predicted octanol–water partition coefficient (Wildman–Crippen LogP) is 1.77. The molecule has 1 unspecified atom stereocenters. The maximum atomic E-state index is 10.6. The highest BCUT2D eigenvalue weighted by Gasteiger charge is 2.30. The molecule has 0 fully saturated rings. The number of fused-ring (bicyclic) bond motifs is 1. The Morgan fingerprint density at radius 3 is 2.67 bits per heavy atom. The summed E-state index contributed by atoms with van der Waals surface area (Å²) < 4.78 is 17.5. The monoisotopic (exact) mass is 352 g/mol. The lowest BCUT2D eigenvalue weighted by Gasteiger charge is -2.29. The molecule has 0 saturated heterocycles. The molecule has 3 heterocycles. The third-order valence-corrected chi connectivity index (χ3v) is 4.82. The SMILES string of the molecule is COCCN(CCOC)C(c1ccco1)c1sc2ncnn2c1O. The van der Waals surface area contributed by atoms with Gasteiger partial charge in [-0.3, -0.25) is 4.90 Å². The maximum absolute atomic E-state index is 10.6. The minimum atomic E-state index is -0.265. The van der Waals surface area contributed by atoms with Crippen LogP contribution in [0.3, 0.4) is 0 Å². The summed E-state index contributed by atoms with van der Waals surface area (Å²) >= 11 is 1.39. The van der Waals surface area contributed by atoms with Gasteiger partial charge in [0.1, 0.15) is 18.1 Å². The molecule has 0 aromatic carbocycles. The molecule has 0 saturated carbocycles. The molecule has 1 N–H and O–H groups in total. The third kappa shape index (κ3) is 3.29. The first-order chi connectivity index (χ1) is 11.8. The molecule has 3 aromatic heterocycles. The molecule has 130 valence electrons. The van der Waals surface area contributed by atoms with E-state index in [1.807, 2.05) is 12.1 Å². The molecule has 8 nitrogen and oxygen atoms in total. The highest BCUT2D eigenvalue weighted by molar-refractivity contribution is 7.17. The smallest absolute Gasteiger partial charge is 0.230 e. The van der Waals surface area contributed by atoms with Gasteiger partial charge in [0.15, 0.2) is 0 Å². The maximum Gasteiger partial charge on any atom is 0.230 e. The molecule has 0 spiro atoms. The lowest BCUT2D eigenvalue weighted by Crippen LogP contribution is -2.34. The second-order valence-electron chi connectivity index (χ2n) is 5.18. The lowest BCUT2D eigenvalue weighted by molar-refractivity contribution is 0.0915. The van der Waals surface area contributed by atoms with Crippen LogP contribution in [0.4, 0.5) is 0 Å². The van der Waals surface area contributed by atoms with Crippen molar-refractivity contribution in [2.45, 2.75) is 6.04 Å². The van der Waals surface area contributed by atoms with Gasteiger partial charge in [0.2, 0.25) is 10.8 Å². The van der Waals surface area contributed by atoms with Gasteiger partial charge < -0.3 is 19.0 Å². The van der Waals surface area contributed by atoms with Gasteiger partial charge in [0.05, 0.1) is 24.4 Å². The van der Waals surface area contributed by atoms with Crippen molar-refractivity contribution in [2.75, 3.05) is 40.5 Å². The van der Waals surface area contributed by atoms with Crippen molar-refractivity contribution >= 4 is 16.3 Å². The van der Waals surface area contributed by atoms with Crippen LogP contribution in [0, 0.1) is 0 Å². The summed E-state index contributed by atoms with van der Waals surface area (Å²) in [5.74, 6) is 0.816. The highest BCUT2D eigenvalue weighted by Crippen LogP contribution is 2.39. The fraction of sp³-hybridized carbons (Fsp3) is 0.467. The minimum absolute atomic E-state index is 0.0775. The van der Waals surface area contributed by atoms with Gasteiger partial charge in [0.25, 0.3) is 0 Å². The molecular formula is C15H20N4O4S. The Bertz CT molecular complexity index is 747. The zero-order valence-electron chi connectivity index (χ0n) is 13.6. The number of rotatable bonds is 9. The zero-order valence-corrected chi connectivity index (χ0v) is 14.4. The lowest BCUT2D eigenvalue weighted by atomic mass is 10.1. The van der Waals surface area contributed by atoms with Crippen molar-refractivity contribution in [1.82, 2.24) is 19.5 Å². The Labute approximate surface area is 143 Å². The fourth-order valence-electron chi connectivity index (χ4n) is 2.58. The van der Waals surface area contributed by atoms with E-state index >= 15 is 0 Å². The molecule has 3 rings (SSSR count). The average molecular weight is 352 g/mol. The van der Waals surface area contributed by atoms with Crippen LogP contribution >= 0.6 is 11.3 Å². The van der Waals surface area contributed by atoms with Gasteiger partial charge in [-0.25, -0.2) is 4.98 Å². The van der Waals surface area contributed by atoms with E-state index in [4.69, 9.17) is 13.9 Å². The topological polar surface area (TPSA) is 85.3 Å². The van der Waals surface area contributed by atoms with Gasteiger partial charge >= 0.3 is 0 Å². The van der Waals surface area contributed by atoms with Crippen molar-refractivity contribution < 1.29 is 19.0 Å². The molecule has 24 heavy (non-hydrogen) atoms. The molecule has 0 aliphatic rings. The third-order valence-electron chi connectivity index (χ3n) is 3.73. The number of thiazole rings is 1. The number of nitrogens with zero attached hydrogens (tertiary/aromatic N) is 4. The summed E-state index contributed by atoms with van der Waals surface area (Å²) in [4.78, 5) is 7.68. The van der Waals surface area contributed by atoms with Crippen LogP contribution in [0.2, 0.25) is 0 Å². The number of methoxy groups -OCH3 is 2. The molecule has 0 aliphatic heterocycles. The first kappa shape index (κ1) is 16.9. The van der Waals surface area contributed by atoms with E-state index in [1.165, 1.54) is 22.2 Å². The van der Waals surface area contributed by atoms with Crippen LogP contribution < -0.4 is 0 Å². The normalized spacial score (nSPS) is 13.1. The van der Waals surface area contributed by atoms with Gasteiger partial charge in [-0.15, -0.1) is 0 Å². The minimum Gasteiger partial charge on any atom is -0.492 e. The van der Waals surface area contributed by atoms with Gasteiger partial charge in [-0.2, -0.15) is 9.61 Å². The van der Waals surface area contributed by atoms with E-state index in [1.54, 1.807) is 20.5 Å². The number of furan rings is 1.